The fourth-order valence-corrected chi connectivity index (χ4v) is 5.41. The largest absolute Gasteiger partial charge is 0.472 e. The summed E-state index contributed by atoms with van der Waals surface area (Å²) in [4.78, 5) is 34.8. The van der Waals surface area contributed by atoms with Crippen LogP contribution in [0.25, 0.3) is 0 Å². The highest BCUT2D eigenvalue weighted by Gasteiger charge is 2.25. The van der Waals surface area contributed by atoms with Crippen molar-refractivity contribution in [3.05, 3.63) is 109 Å². The number of carbonyl (C=O) groups excluding carboxylic acids is 2. The van der Waals surface area contributed by atoms with Gasteiger partial charge in [-0.3, -0.25) is 18.6 Å². The SMILES string of the molecule is CC/C=C\C/C=C\C/C=C\C/C=C\C/C=C\CCCC(=O)O[C@H](COC(=O)CCC/C=C\C/C=C\C/C=C\C/C=C\CC[C@@H](O)CC)COP(=O)(O)OCCN. The molecule has 0 spiro atoms. The van der Waals surface area contributed by atoms with E-state index in [1.54, 1.807) is 0 Å². The molecular weight excluding hydrogens is 729 g/mol. The van der Waals surface area contributed by atoms with Crippen LogP contribution >= 0.6 is 7.82 Å². The molecule has 0 aliphatic heterocycles. The minimum absolute atomic E-state index is 0.0251. The number of rotatable bonds is 36. The van der Waals surface area contributed by atoms with Crippen LogP contribution in [0.3, 0.4) is 0 Å². The third-order valence-electron chi connectivity index (χ3n) is 7.81. The molecular formula is C45H72NO9P. The van der Waals surface area contributed by atoms with Gasteiger partial charge in [0, 0.05) is 19.4 Å². The van der Waals surface area contributed by atoms with Crippen LogP contribution in [0.4, 0.5) is 0 Å². The highest BCUT2D eigenvalue weighted by molar-refractivity contribution is 7.47. The third-order valence-corrected chi connectivity index (χ3v) is 8.79. The van der Waals surface area contributed by atoms with Crippen molar-refractivity contribution in [3.63, 3.8) is 0 Å². The molecule has 0 amide bonds. The molecule has 0 saturated heterocycles. The van der Waals surface area contributed by atoms with Crippen LogP contribution < -0.4 is 5.73 Å². The van der Waals surface area contributed by atoms with Crippen LogP contribution in [0.15, 0.2) is 109 Å². The predicted molar refractivity (Wildman–Crippen MR) is 230 cm³/mol. The highest BCUT2D eigenvalue weighted by atomic mass is 31.2. The van der Waals surface area contributed by atoms with Crippen molar-refractivity contribution in [2.45, 2.75) is 135 Å². The number of phosphoric acid groups is 1. The van der Waals surface area contributed by atoms with Crippen LogP contribution in [0, 0.1) is 0 Å². The number of allylic oxidation sites excluding steroid dienone is 18. The van der Waals surface area contributed by atoms with Gasteiger partial charge in [-0.1, -0.05) is 123 Å². The number of phosphoric ester groups is 1. The molecule has 0 aromatic carbocycles. The first kappa shape index (κ1) is 52.6. The van der Waals surface area contributed by atoms with E-state index >= 15 is 0 Å². The molecule has 0 fully saturated rings. The number of nitrogens with two attached hydrogens (primary N) is 1. The van der Waals surface area contributed by atoms with Crippen molar-refractivity contribution in [1.82, 2.24) is 0 Å². The molecule has 56 heavy (non-hydrogen) atoms. The molecule has 0 aromatic rings. The van der Waals surface area contributed by atoms with Gasteiger partial charge >= 0.3 is 19.8 Å². The maximum Gasteiger partial charge on any atom is 0.472 e. The van der Waals surface area contributed by atoms with Gasteiger partial charge in [-0.25, -0.2) is 4.57 Å². The average Bonchev–Trinajstić information content (AvgIpc) is 3.18. The van der Waals surface area contributed by atoms with Gasteiger partial charge in [0.1, 0.15) is 6.61 Å². The second-order valence-corrected chi connectivity index (χ2v) is 14.4. The zero-order valence-corrected chi connectivity index (χ0v) is 35.1. The number of aliphatic hydroxyl groups excluding tert-OH is 1. The minimum Gasteiger partial charge on any atom is -0.462 e. The summed E-state index contributed by atoms with van der Waals surface area (Å²) in [6, 6.07) is 0. The van der Waals surface area contributed by atoms with Gasteiger partial charge < -0.3 is 25.2 Å². The maximum absolute atomic E-state index is 12.5. The Morgan fingerprint density at radius 1 is 0.607 bits per heavy atom. The molecule has 0 aliphatic carbocycles. The number of hydrogen-bond donors (Lipinski definition) is 3. The summed E-state index contributed by atoms with van der Waals surface area (Å²) in [5.74, 6) is -0.995. The lowest BCUT2D eigenvalue weighted by atomic mass is 10.1. The number of hydrogen-bond acceptors (Lipinski definition) is 9. The van der Waals surface area contributed by atoms with E-state index < -0.39 is 32.5 Å². The van der Waals surface area contributed by atoms with Crippen molar-refractivity contribution in [1.29, 1.82) is 0 Å². The molecule has 0 saturated carbocycles. The van der Waals surface area contributed by atoms with Gasteiger partial charge in [-0.15, -0.1) is 0 Å². The second kappa shape index (κ2) is 39.8. The van der Waals surface area contributed by atoms with Gasteiger partial charge in [0.25, 0.3) is 0 Å². The van der Waals surface area contributed by atoms with Crippen molar-refractivity contribution < 1.29 is 42.7 Å². The average molecular weight is 802 g/mol. The second-order valence-electron chi connectivity index (χ2n) is 12.9. The molecule has 0 radical (unpaired) electrons. The van der Waals surface area contributed by atoms with Gasteiger partial charge in [0.15, 0.2) is 6.10 Å². The molecule has 10 nitrogen and oxygen atoms in total. The summed E-state index contributed by atoms with van der Waals surface area (Å²) < 4.78 is 32.6. The van der Waals surface area contributed by atoms with E-state index in [1.807, 2.05) is 31.2 Å². The van der Waals surface area contributed by atoms with E-state index in [0.717, 1.165) is 70.6 Å². The quantitative estimate of drug-likeness (QED) is 0.0241. The molecule has 11 heteroatoms. The van der Waals surface area contributed by atoms with Crippen LogP contribution in [-0.2, 0) is 32.7 Å². The Morgan fingerprint density at radius 2 is 1.04 bits per heavy atom. The van der Waals surface area contributed by atoms with Crippen molar-refractivity contribution in [2.75, 3.05) is 26.4 Å². The summed E-state index contributed by atoms with van der Waals surface area (Å²) in [5, 5.41) is 9.55. The Hall–Kier alpha value is -3.37. The Bertz CT molecular complexity index is 1300. The molecule has 4 N–H and O–H groups in total. The lowest BCUT2D eigenvalue weighted by Gasteiger charge is -2.19. The first-order valence-electron chi connectivity index (χ1n) is 20.4. The first-order valence-corrected chi connectivity index (χ1v) is 21.9. The summed E-state index contributed by atoms with van der Waals surface area (Å²) in [6.45, 7) is 3.16. The monoisotopic (exact) mass is 801 g/mol. The summed E-state index contributed by atoms with van der Waals surface area (Å²) in [5.41, 5.74) is 5.33. The lowest BCUT2D eigenvalue weighted by molar-refractivity contribution is -0.161. The number of ether oxygens (including phenoxy) is 2. The Morgan fingerprint density at radius 3 is 1.48 bits per heavy atom. The lowest BCUT2D eigenvalue weighted by Crippen LogP contribution is -2.29. The number of unbranched alkanes of at least 4 members (excludes halogenated alkanes) is 2. The molecule has 1 unspecified atom stereocenters. The standard InChI is InChI=1S/C45H72NO9P/c1-3-5-6-7-8-9-10-11-12-13-14-19-22-25-28-31-34-37-45(49)55-43(41-54-56(50,51)53-39-38-46)40-52-44(48)36-33-30-27-24-21-18-16-15-17-20-23-26-29-32-35-42(47)4-2/h5-6,8-9,11-12,14,16-20,24-29,42-43,47H,3-4,7,10,13,15,21-23,30-41,46H2,1-2H3,(H,50,51)/b6-5-,9-8-,12-11-,18-16-,19-14-,20-17-,27-24-,28-25-,29-26-/t42-,43+/m0/s1. The van der Waals surface area contributed by atoms with Gasteiger partial charge in [-0.05, 0) is 96.3 Å². The van der Waals surface area contributed by atoms with E-state index in [1.165, 1.54) is 0 Å². The molecule has 0 heterocycles. The van der Waals surface area contributed by atoms with Gasteiger partial charge in [0.2, 0.25) is 0 Å². The molecule has 0 aliphatic rings. The van der Waals surface area contributed by atoms with E-state index in [0.29, 0.717) is 25.7 Å². The van der Waals surface area contributed by atoms with Crippen molar-refractivity contribution >= 4 is 19.8 Å². The Balaban J connectivity index is 4.42. The van der Waals surface area contributed by atoms with Gasteiger partial charge in [0.05, 0.1) is 19.3 Å². The van der Waals surface area contributed by atoms with Crippen molar-refractivity contribution in [3.8, 4) is 0 Å². The van der Waals surface area contributed by atoms with Crippen LogP contribution in [-0.4, -0.2) is 60.5 Å². The molecule has 0 aromatic heterocycles. The number of esters is 2. The van der Waals surface area contributed by atoms with E-state index in [9.17, 15) is 24.2 Å². The molecule has 316 valence electrons. The zero-order chi connectivity index (χ0) is 41.2. The fourth-order valence-electron chi connectivity index (χ4n) is 4.64. The Labute approximate surface area is 338 Å². The summed E-state index contributed by atoms with van der Waals surface area (Å²) >= 11 is 0. The smallest absolute Gasteiger partial charge is 0.462 e. The molecule has 3 atom stereocenters. The summed E-state index contributed by atoms with van der Waals surface area (Å²) in [6.07, 6.45) is 49.3. The van der Waals surface area contributed by atoms with E-state index in [2.05, 4.69) is 92.0 Å². The maximum atomic E-state index is 12.5. The van der Waals surface area contributed by atoms with Gasteiger partial charge in [-0.2, -0.15) is 0 Å². The van der Waals surface area contributed by atoms with Crippen LogP contribution in [0.1, 0.15) is 123 Å². The highest BCUT2D eigenvalue weighted by Crippen LogP contribution is 2.43. The van der Waals surface area contributed by atoms with E-state index in [4.69, 9.17) is 24.3 Å². The van der Waals surface area contributed by atoms with Crippen molar-refractivity contribution in [2.24, 2.45) is 5.73 Å². The normalized spacial score (nSPS) is 15.0. The first-order chi connectivity index (χ1) is 27.2. The predicted octanol–water partition coefficient (Wildman–Crippen LogP) is 10.6. The fraction of sp³-hybridized carbons (Fsp3) is 0.556. The molecule has 0 rings (SSSR count). The molecule has 0 bridgehead atoms. The number of carbonyl (C=O) groups is 2. The topological polar surface area (TPSA) is 155 Å². The van der Waals surface area contributed by atoms with E-state index in [-0.39, 0.29) is 38.7 Å². The number of aliphatic hydroxyl groups is 1. The summed E-state index contributed by atoms with van der Waals surface area (Å²) in [7, 11) is -4.42. The van der Waals surface area contributed by atoms with Crippen LogP contribution in [0.2, 0.25) is 0 Å². The third kappa shape index (κ3) is 38.9. The van der Waals surface area contributed by atoms with Crippen LogP contribution in [0.5, 0.6) is 0 Å². The Kier molecular flexibility index (Phi) is 37.5. The minimum atomic E-state index is -4.42. The zero-order valence-electron chi connectivity index (χ0n) is 34.2.